The number of nitrogens with one attached hydrogen (secondary N) is 1. The van der Waals surface area contributed by atoms with Gasteiger partial charge in [-0.15, -0.1) is 11.3 Å². The third kappa shape index (κ3) is 4.45. The van der Waals surface area contributed by atoms with Crippen LogP contribution in [0.1, 0.15) is 32.9 Å². The van der Waals surface area contributed by atoms with Gasteiger partial charge >= 0.3 is 0 Å². The van der Waals surface area contributed by atoms with Crippen LogP contribution in [0.15, 0.2) is 18.2 Å². The van der Waals surface area contributed by atoms with Crippen LogP contribution in [0, 0.1) is 6.92 Å². The Kier molecular flexibility index (Phi) is 5.75. The molecule has 2 rings (SSSR count). The SMILES string of the molecule is CCOc1cc(CNC(=O)Cc2nc(C)c(C(=O)[O-])s2)ccc1O. The first-order chi connectivity index (χ1) is 11.4. The van der Waals surface area contributed by atoms with Crippen molar-refractivity contribution in [2.45, 2.75) is 26.8 Å². The highest BCUT2D eigenvalue weighted by Gasteiger charge is 2.12. The summed E-state index contributed by atoms with van der Waals surface area (Å²) in [5.41, 5.74) is 1.12. The maximum absolute atomic E-state index is 12.0. The van der Waals surface area contributed by atoms with Gasteiger partial charge in [0.2, 0.25) is 5.91 Å². The molecule has 0 spiro atoms. The lowest BCUT2D eigenvalue weighted by Crippen LogP contribution is -2.24. The minimum atomic E-state index is -1.29. The van der Waals surface area contributed by atoms with Gasteiger partial charge in [-0.1, -0.05) is 6.07 Å². The molecule has 1 heterocycles. The molecule has 2 aromatic rings. The summed E-state index contributed by atoms with van der Waals surface area (Å²) in [6.45, 7) is 4.06. The molecular weight excluding hydrogens is 332 g/mol. The number of aromatic carboxylic acids is 1. The van der Waals surface area contributed by atoms with Gasteiger partial charge in [0.05, 0.1) is 29.6 Å². The van der Waals surface area contributed by atoms with Gasteiger partial charge in [-0.05, 0) is 31.5 Å². The van der Waals surface area contributed by atoms with Crippen LogP contribution >= 0.6 is 11.3 Å². The number of carbonyl (C=O) groups is 2. The minimum absolute atomic E-state index is 0.00477. The molecule has 128 valence electrons. The van der Waals surface area contributed by atoms with Crippen molar-refractivity contribution in [3.8, 4) is 11.5 Å². The number of amides is 1. The van der Waals surface area contributed by atoms with Gasteiger partial charge in [0, 0.05) is 6.54 Å². The zero-order valence-electron chi connectivity index (χ0n) is 13.3. The Labute approximate surface area is 142 Å². The lowest BCUT2D eigenvalue weighted by atomic mass is 10.2. The van der Waals surface area contributed by atoms with Crippen LogP contribution in [0.3, 0.4) is 0 Å². The van der Waals surface area contributed by atoms with Crippen molar-refractivity contribution in [1.82, 2.24) is 10.3 Å². The third-order valence-corrected chi connectivity index (χ3v) is 4.29. The lowest BCUT2D eigenvalue weighted by molar-refractivity contribution is -0.254. The molecule has 0 saturated carbocycles. The molecule has 0 atom stereocenters. The monoisotopic (exact) mass is 349 g/mol. The Balaban J connectivity index is 1.95. The number of rotatable bonds is 7. The standard InChI is InChI=1S/C16H18N2O5S/c1-3-23-12-6-10(4-5-11(12)19)8-17-13(20)7-14-18-9(2)15(24-14)16(21)22/h4-6,19H,3,7-8H2,1-2H3,(H,17,20)(H,21,22)/p-1. The van der Waals surface area contributed by atoms with Crippen molar-refractivity contribution in [1.29, 1.82) is 0 Å². The fourth-order valence-electron chi connectivity index (χ4n) is 2.06. The molecular formula is C16H17N2O5S-. The fourth-order valence-corrected chi connectivity index (χ4v) is 2.96. The number of phenolic OH excluding ortho intramolecular Hbond substituents is 1. The van der Waals surface area contributed by atoms with E-state index in [0.717, 1.165) is 16.9 Å². The molecule has 1 amide bonds. The molecule has 0 aliphatic heterocycles. The number of aromatic hydroxyl groups is 1. The molecule has 24 heavy (non-hydrogen) atoms. The zero-order chi connectivity index (χ0) is 17.7. The van der Waals surface area contributed by atoms with E-state index < -0.39 is 5.97 Å². The van der Waals surface area contributed by atoms with Crippen LogP contribution in [-0.4, -0.2) is 28.6 Å². The normalized spacial score (nSPS) is 10.4. The molecule has 8 heteroatoms. The van der Waals surface area contributed by atoms with Crippen LogP contribution in [0.5, 0.6) is 11.5 Å². The van der Waals surface area contributed by atoms with Crippen molar-refractivity contribution in [3.05, 3.63) is 39.3 Å². The Morgan fingerprint density at radius 1 is 1.42 bits per heavy atom. The van der Waals surface area contributed by atoms with Gasteiger partial charge in [0.1, 0.15) is 5.01 Å². The Hall–Kier alpha value is -2.61. The van der Waals surface area contributed by atoms with E-state index in [9.17, 15) is 19.8 Å². The number of aromatic nitrogens is 1. The first-order valence-electron chi connectivity index (χ1n) is 7.29. The van der Waals surface area contributed by atoms with Gasteiger partial charge < -0.3 is 25.1 Å². The summed E-state index contributed by atoms with van der Waals surface area (Å²) in [4.78, 5) is 26.9. The van der Waals surface area contributed by atoms with Gasteiger partial charge in [-0.25, -0.2) is 4.98 Å². The maximum Gasteiger partial charge on any atom is 0.227 e. The summed E-state index contributed by atoms with van der Waals surface area (Å²) >= 11 is 0.942. The molecule has 0 saturated heterocycles. The number of nitrogens with zero attached hydrogens (tertiary/aromatic N) is 1. The number of carboxylic acid groups (broad SMARTS) is 1. The quantitative estimate of drug-likeness (QED) is 0.764. The van der Waals surface area contributed by atoms with Crippen LogP contribution in [0.25, 0.3) is 0 Å². The fraction of sp³-hybridized carbons (Fsp3) is 0.312. The highest BCUT2D eigenvalue weighted by atomic mass is 32.1. The Bertz CT molecular complexity index is 757. The number of phenols is 1. The van der Waals surface area contributed by atoms with Crippen LogP contribution in [0.2, 0.25) is 0 Å². The number of aryl methyl sites for hydroxylation is 1. The average Bonchev–Trinajstić information content (AvgIpc) is 2.89. The molecule has 0 fully saturated rings. The molecule has 0 aliphatic carbocycles. The van der Waals surface area contributed by atoms with E-state index in [4.69, 9.17) is 4.74 Å². The average molecular weight is 349 g/mol. The van der Waals surface area contributed by atoms with Gasteiger partial charge in [-0.3, -0.25) is 4.79 Å². The molecule has 1 aromatic carbocycles. The molecule has 0 radical (unpaired) electrons. The number of hydrogen-bond donors (Lipinski definition) is 2. The van der Waals surface area contributed by atoms with Crippen LogP contribution < -0.4 is 15.2 Å². The van der Waals surface area contributed by atoms with Crippen LogP contribution in [-0.2, 0) is 17.8 Å². The molecule has 0 unspecified atom stereocenters. The van der Waals surface area contributed by atoms with E-state index >= 15 is 0 Å². The molecule has 0 bridgehead atoms. The number of ether oxygens (including phenoxy) is 1. The summed E-state index contributed by atoms with van der Waals surface area (Å²) < 4.78 is 5.29. The maximum atomic E-state index is 12.0. The van der Waals surface area contributed by atoms with E-state index in [1.807, 2.05) is 6.92 Å². The van der Waals surface area contributed by atoms with E-state index in [2.05, 4.69) is 10.3 Å². The van der Waals surface area contributed by atoms with Crippen molar-refractivity contribution in [2.75, 3.05) is 6.61 Å². The second-order valence-corrected chi connectivity index (χ2v) is 6.08. The number of hydrogen-bond acceptors (Lipinski definition) is 7. The summed E-state index contributed by atoms with van der Waals surface area (Å²) in [5.74, 6) is -1.16. The van der Waals surface area contributed by atoms with Crippen LogP contribution in [0.4, 0.5) is 0 Å². The number of thiazole rings is 1. The first kappa shape index (κ1) is 17.7. The van der Waals surface area contributed by atoms with Crippen molar-refractivity contribution in [2.24, 2.45) is 0 Å². The van der Waals surface area contributed by atoms with Crippen molar-refractivity contribution < 1.29 is 24.5 Å². The predicted molar refractivity (Wildman–Crippen MR) is 86.0 cm³/mol. The smallest absolute Gasteiger partial charge is 0.227 e. The number of benzene rings is 1. The summed E-state index contributed by atoms with van der Waals surface area (Å²) in [6, 6.07) is 4.84. The highest BCUT2D eigenvalue weighted by Crippen LogP contribution is 2.26. The summed E-state index contributed by atoms with van der Waals surface area (Å²) in [6.07, 6.45) is -0.00477. The molecule has 1 aromatic heterocycles. The molecule has 0 aliphatic rings. The van der Waals surface area contributed by atoms with Gasteiger partial charge in [0.15, 0.2) is 11.5 Å². The zero-order valence-corrected chi connectivity index (χ0v) is 14.1. The summed E-state index contributed by atoms with van der Waals surface area (Å²) in [7, 11) is 0. The van der Waals surface area contributed by atoms with Crippen molar-refractivity contribution >= 4 is 23.2 Å². The van der Waals surface area contributed by atoms with E-state index in [1.165, 1.54) is 6.07 Å². The Morgan fingerprint density at radius 2 is 2.17 bits per heavy atom. The molecule has 2 N–H and O–H groups in total. The van der Waals surface area contributed by atoms with Crippen molar-refractivity contribution in [3.63, 3.8) is 0 Å². The number of carboxylic acids is 1. The summed E-state index contributed by atoms with van der Waals surface area (Å²) in [5, 5.41) is 23.7. The van der Waals surface area contributed by atoms with E-state index in [-0.39, 0.29) is 29.5 Å². The van der Waals surface area contributed by atoms with E-state index in [1.54, 1.807) is 19.1 Å². The van der Waals surface area contributed by atoms with Gasteiger partial charge in [-0.2, -0.15) is 0 Å². The molecule has 7 nitrogen and oxygen atoms in total. The van der Waals surface area contributed by atoms with Gasteiger partial charge in [0.25, 0.3) is 0 Å². The second-order valence-electron chi connectivity index (χ2n) is 5.00. The third-order valence-electron chi connectivity index (χ3n) is 3.15. The minimum Gasteiger partial charge on any atom is -0.544 e. The largest absolute Gasteiger partial charge is 0.544 e. The second kappa shape index (κ2) is 7.78. The number of carbonyl (C=O) groups excluding carboxylic acids is 2. The first-order valence-corrected chi connectivity index (χ1v) is 8.11. The van der Waals surface area contributed by atoms with E-state index in [0.29, 0.717) is 23.1 Å². The lowest BCUT2D eigenvalue weighted by Gasteiger charge is -2.09. The Morgan fingerprint density at radius 3 is 2.79 bits per heavy atom. The topological polar surface area (TPSA) is 112 Å². The predicted octanol–water partition coefficient (Wildman–Crippen LogP) is 0.778. The highest BCUT2D eigenvalue weighted by molar-refractivity contribution is 7.13.